The summed E-state index contributed by atoms with van der Waals surface area (Å²) >= 11 is 0. The third kappa shape index (κ3) is 6.06. The lowest BCUT2D eigenvalue weighted by atomic mass is 9.97. The molecule has 0 aliphatic rings. The smallest absolute Gasteiger partial charge is 0.0719 e. The van der Waals surface area contributed by atoms with Crippen molar-refractivity contribution in [3.63, 3.8) is 0 Å². The Bertz CT molecular complexity index is 364. The molecule has 1 N–H and O–H groups in total. The van der Waals surface area contributed by atoms with E-state index in [0.717, 1.165) is 25.7 Å². The molecule has 0 aromatic heterocycles. The van der Waals surface area contributed by atoms with Gasteiger partial charge in [-0.15, -0.1) is 0 Å². The summed E-state index contributed by atoms with van der Waals surface area (Å²) in [5.74, 6) is 0.797. The van der Waals surface area contributed by atoms with Crippen molar-refractivity contribution in [2.24, 2.45) is 5.92 Å². The molecule has 0 saturated carbocycles. The molecule has 114 valence electrons. The SMILES string of the molecule is CCOCc1ccccc1CNC(CC)CC(C)CC. The van der Waals surface area contributed by atoms with Crippen molar-refractivity contribution in [3.8, 4) is 0 Å². The molecule has 2 heteroatoms. The molecular formula is C18H31NO. The largest absolute Gasteiger partial charge is 0.377 e. The van der Waals surface area contributed by atoms with Crippen LogP contribution in [0, 0.1) is 5.92 Å². The fourth-order valence-corrected chi connectivity index (χ4v) is 2.38. The maximum Gasteiger partial charge on any atom is 0.0719 e. The Morgan fingerprint density at radius 1 is 1.05 bits per heavy atom. The van der Waals surface area contributed by atoms with Gasteiger partial charge in [-0.25, -0.2) is 0 Å². The van der Waals surface area contributed by atoms with E-state index in [2.05, 4.69) is 50.4 Å². The zero-order chi connectivity index (χ0) is 14.8. The fraction of sp³-hybridized carbons (Fsp3) is 0.667. The van der Waals surface area contributed by atoms with Crippen LogP contribution in [-0.4, -0.2) is 12.6 Å². The van der Waals surface area contributed by atoms with Gasteiger partial charge in [-0.2, -0.15) is 0 Å². The van der Waals surface area contributed by atoms with Gasteiger partial charge in [-0.05, 0) is 36.8 Å². The average Bonchev–Trinajstić information content (AvgIpc) is 2.49. The Balaban J connectivity index is 2.54. The first-order valence-corrected chi connectivity index (χ1v) is 8.09. The summed E-state index contributed by atoms with van der Waals surface area (Å²) < 4.78 is 5.55. The predicted octanol–water partition coefficient (Wildman–Crippen LogP) is 4.53. The fourth-order valence-electron chi connectivity index (χ4n) is 2.38. The minimum Gasteiger partial charge on any atom is -0.377 e. The Morgan fingerprint density at radius 2 is 1.75 bits per heavy atom. The lowest BCUT2D eigenvalue weighted by molar-refractivity contribution is 0.133. The van der Waals surface area contributed by atoms with E-state index in [1.807, 2.05) is 6.92 Å². The second-order valence-corrected chi connectivity index (χ2v) is 5.64. The van der Waals surface area contributed by atoms with E-state index in [0.29, 0.717) is 6.04 Å². The molecular weight excluding hydrogens is 246 g/mol. The topological polar surface area (TPSA) is 21.3 Å². The van der Waals surface area contributed by atoms with E-state index in [9.17, 15) is 0 Å². The molecule has 0 heterocycles. The number of hydrogen-bond donors (Lipinski definition) is 1. The molecule has 2 unspecified atom stereocenters. The summed E-state index contributed by atoms with van der Waals surface area (Å²) in [6.07, 6.45) is 3.72. The number of hydrogen-bond acceptors (Lipinski definition) is 2. The minimum atomic E-state index is 0.616. The summed E-state index contributed by atoms with van der Waals surface area (Å²) in [6, 6.07) is 9.20. The highest BCUT2D eigenvalue weighted by Crippen LogP contribution is 2.14. The van der Waals surface area contributed by atoms with E-state index >= 15 is 0 Å². The highest BCUT2D eigenvalue weighted by Gasteiger charge is 2.10. The lowest BCUT2D eigenvalue weighted by Gasteiger charge is -2.21. The summed E-state index contributed by atoms with van der Waals surface area (Å²) in [7, 11) is 0. The predicted molar refractivity (Wildman–Crippen MR) is 86.8 cm³/mol. The second-order valence-electron chi connectivity index (χ2n) is 5.64. The van der Waals surface area contributed by atoms with Crippen LogP contribution < -0.4 is 5.32 Å². The van der Waals surface area contributed by atoms with Gasteiger partial charge in [0.1, 0.15) is 0 Å². The van der Waals surface area contributed by atoms with Gasteiger partial charge in [0.2, 0.25) is 0 Å². The zero-order valence-corrected chi connectivity index (χ0v) is 13.6. The van der Waals surface area contributed by atoms with Crippen molar-refractivity contribution in [3.05, 3.63) is 35.4 Å². The Labute approximate surface area is 124 Å². The van der Waals surface area contributed by atoms with E-state index in [4.69, 9.17) is 4.74 Å². The van der Waals surface area contributed by atoms with Crippen LogP contribution in [-0.2, 0) is 17.9 Å². The molecule has 0 spiro atoms. The second kappa shape index (κ2) is 9.95. The molecule has 0 fully saturated rings. The molecule has 0 amide bonds. The van der Waals surface area contributed by atoms with Crippen LogP contribution in [0.5, 0.6) is 0 Å². The molecule has 0 aliphatic heterocycles. The van der Waals surface area contributed by atoms with Gasteiger partial charge in [-0.3, -0.25) is 0 Å². The van der Waals surface area contributed by atoms with Gasteiger partial charge < -0.3 is 10.1 Å². The third-order valence-electron chi connectivity index (χ3n) is 4.04. The van der Waals surface area contributed by atoms with Crippen LogP contribution in [0.3, 0.4) is 0 Å². The van der Waals surface area contributed by atoms with Crippen LogP contribution >= 0.6 is 0 Å². The van der Waals surface area contributed by atoms with Crippen molar-refractivity contribution in [2.45, 2.75) is 66.2 Å². The molecule has 1 rings (SSSR count). The average molecular weight is 277 g/mol. The first kappa shape index (κ1) is 17.2. The minimum absolute atomic E-state index is 0.616. The molecule has 0 aliphatic carbocycles. The summed E-state index contributed by atoms with van der Waals surface area (Å²) in [5, 5.41) is 3.71. The van der Waals surface area contributed by atoms with Crippen LogP contribution in [0.25, 0.3) is 0 Å². The van der Waals surface area contributed by atoms with Crippen molar-refractivity contribution < 1.29 is 4.74 Å². The van der Waals surface area contributed by atoms with Crippen molar-refractivity contribution in [1.82, 2.24) is 5.32 Å². The molecule has 1 aromatic carbocycles. The van der Waals surface area contributed by atoms with Gasteiger partial charge in [0.15, 0.2) is 0 Å². The maximum atomic E-state index is 5.55. The van der Waals surface area contributed by atoms with Crippen molar-refractivity contribution in [1.29, 1.82) is 0 Å². The quantitative estimate of drug-likeness (QED) is 0.678. The van der Waals surface area contributed by atoms with Gasteiger partial charge in [0, 0.05) is 19.2 Å². The van der Waals surface area contributed by atoms with Gasteiger partial charge in [-0.1, -0.05) is 51.5 Å². The van der Waals surface area contributed by atoms with Crippen molar-refractivity contribution in [2.75, 3.05) is 6.61 Å². The normalized spacial score (nSPS) is 14.2. The van der Waals surface area contributed by atoms with E-state index < -0.39 is 0 Å². The van der Waals surface area contributed by atoms with Crippen LogP contribution in [0.4, 0.5) is 0 Å². The van der Waals surface area contributed by atoms with Gasteiger partial charge in [0.05, 0.1) is 6.61 Å². The molecule has 1 aromatic rings. The first-order valence-electron chi connectivity index (χ1n) is 8.09. The number of rotatable bonds is 10. The monoisotopic (exact) mass is 277 g/mol. The Kier molecular flexibility index (Phi) is 8.56. The number of ether oxygens (including phenoxy) is 1. The Hall–Kier alpha value is -0.860. The molecule has 20 heavy (non-hydrogen) atoms. The molecule has 2 nitrogen and oxygen atoms in total. The molecule has 0 radical (unpaired) electrons. The Morgan fingerprint density at radius 3 is 2.35 bits per heavy atom. The van der Waals surface area contributed by atoms with E-state index in [-0.39, 0.29) is 0 Å². The van der Waals surface area contributed by atoms with Gasteiger partial charge in [0.25, 0.3) is 0 Å². The highest BCUT2D eigenvalue weighted by atomic mass is 16.5. The molecule has 0 bridgehead atoms. The summed E-state index contributed by atoms with van der Waals surface area (Å²) in [4.78, 5) is 0. The number of nitrogens with one attached hydrogen (secondary N) is 1. The van der Waals surface area contributed by atoms with Crippen LogP contribution in [0.2, 0.25) is 0 Å². The van der Waals surface area contributed by atoms with E-state index in [1.54, 1.807) is 0 Å². The lowest BCUT2D eigenvalue weighted by Crippen LogP contribution is -2.30. The number of benzene rings is 1. The van der Waals surface area contributed by atoms with E-state index in [1.165, 1.54) is 30.4 Å². The summed E-state index contributed by atoms with van der Waals surface area (Å²) in [6.45, 7) is 11.4. The standard InChI is InChI=1S/C18H31NO/c1-5-15(4)12-18(6-2)19-13-16-10-8-9-11-17(16)14-20-7-3/h8-11,15,18-19H,5-7,12-14H2,1-4H3. The van der Waals surface area contributed by atoms with Crippen LogP contribution in [0.1, 0.15) is 58.1 Å². The first-order chi connectivity index (χ1) is 9.71. The van der Waals surface area contributed by atoms with Gasteiger partial charge >= 0.3 is 0 Å². The third-order valence-corrected chi connectivity index (χ3v) is 4.04. The molecule has 2 atom stereocenters. The maximum absolute atomic E-state index is 5.55. The zero-order valence-electron chi connectivity index (χ0n) is 13.6. The van der Waals surface area contributed by atoms with Crippen molar-refractivity contribution >= 4 is 0 Å². The summed E-state index contributed by atoms with van der Waals surface area (Å²) in [5.41, 5.74) is 2.67. The highest BCUT2D eigenvalue weighted by molar-refractivity contribution is 5.26. The molecule has 0 saturated heterocycles. The van der Waals surface area contributed by atoms with Crippen LogP contribution in [0.15, 0.2) is 24.3 Å².